The van der Waals surface area contributed by atoms with E-state index in [0.717, 1.165) is 23.8 Å². The molecule has 47 heavy (non-hydrogen) atoms. The van der Waals surface area contributed by atoms with Gasteiger partial charge >= 0.3 is 12.1 Å². The number of hydrogen-bond acceptors (Lipinski definition) is 7. The molecule has 2 aromatic heterocycles. The summed E-state index contributed by atoms with van der Waals surface area (Å²) < 4.78 is 60.1. The quantitative estimate of drug-likeness (QED) is 0.0658. The van der Waals surface area contributed by atoms with Crippen molar-refractivity contribution in [3.05, 3.63) is 76.1 Å². The second kappa shape index (κ2) is 15.7. The van der Waals surface area contributed by atoms with Gasteiger partial charge in [-0.3, -0.25) is 4.57 Å². The maximum Gasteiger partial charge on any atom is 0.573 e. The summed E-state index contributed by atoms with van der Waals surface area (Å²) in [5, 5.41) is 3.92. The number of guanidine groups is 1. The van der Waals surface area contributed by atoms with Gasteiger partial charge < -0.3 is 32.2 Å². The van der Waals surface area contributed by atoms with Gasteiger partial charge in [-0.1, -0.05) is 12.1 Å². The normalized spacial score (nSPS) is 13.8. The Morgan fingerprint density at radius 2 is 1.87 bits per heavy atom. The van der Waals surface area contributed by atoms with Gasteiger partial charge in [0, 0.05) is 35.0 Å². The highest BCUT2D eigenvalue weighted by atomic mass is 32.2. The molecule has 0 aliphatic heterocycles. The summed E-state index contributed by atoms with van der Waals surface area (Å²) in [5.41, 5.74) is 18.5. The van der Waals surface area contributed by atoms with Gasteiger partial charge in [-0.25, -0.2) is 14.2 Å². The van der Waals surface area contributed by atoms with Crippen LogP contribution in [-0.2, 0) is 6.42 Å². The summed E-state index contributed by atoms with van der Waals surface area (Å²) >= 11 is 1.67. The van der Waals surface area contributed by atoms with E-state index in [2.05, 4.69) is 25.0 Å². The Kier molecular flexibility index (Phi) is 11.9. The minimum absolute atomic E-state index is 0.0123. The zero-order chi connectivity index (χ0) is 34.3. The van der Waals surface area contributed by atoms with Crippen molar-refractivity contribution in [1.82, 2.24) is 19.9 Å². The molecule has 8 N–H and O–H groups in total. The summed E-state index contributed by atoms with van der Waals surface area (Å²) in [6, 6.07) is 11.4. The van der Waals surface area contributed by atoms with Crippen molar-refractivity contribution in [1.29, 1.82) is 0 Å². The molecule has 0 aliphatic rings. The van der Waals surface area contributed by atoms with Gasteiger partial charge in [0.1, 0.15) is 5.65 Å². The Morgan fingerprint density at radius 1 is 1.15 bits per heavy atom. The second-order valence-electron chi connectivity index (χ2n) is 11.5. The van der Waals surface area contributed by atoms with Gasteiger partial charge in [-0.2, -0.15) is 16.7 Å². The van der Waals surface area contributed by atoms with Gasteiger partial charge in [-0.15, -0.1) is 13.2 Å². The first-order chi connectivity index (χ1) is 22.2. The van der Waals surface area contributed by atoms with E-state index in [9.17, 15) is 18.0 Å². The van der Waals surface area contributed by atoms with Crippen LogP contribution < -0.4 is 32.9 Å². The van der Waals surface area contributed by atoms with Crippen LogP contribution in [0.4, 0.5) is 17.6 Å². The highest BCUT2D eigenvalue weighted by Gasteiger charge is 2.33. The van der Waals surface area contributed by atoms with Gasteiger partial charge in [0.2, 0.25) is 0 Å². The first-order valence-electron chi connectivity index (χ1n) is 15.1. The predicted molar refractivity (Wildman–Crippen MR) is 179 cm³/mol. The first kappa shape index (κ1) is 35.8. The highest BCUT2D eigenvalue weighted by Crippen LogP contribution is 2.35. The Morgan fingerprint density at radius 3 is 2.51 bits per heavy atom. The lowest BCUT2D eigenvalue weighted by Crippen LogP contribution is -2.29. The number of halogens is 4. The number of benzene rings is 2. The number of nitrogens with zero attached hydrogens (tertiary/aromatic N) is 3. The molecular formula is C32H40F4N8O2S. The zero-order valence-electron chi connectivity index (χ0n) is 26.4. The van der Waals surface area contributed by atoms with Crippen LogP contribution in [0.3, 0.4) is 0 Å². The Hall–Kier alpha value is -4.08. The van der Waals surface area contributed by atoms with E-state index in [4.69, 9.17) is 17.2 Å². The van der Waals surface area contributed by atoms with Crippen molar-refractivity contribution < 1.29 is 22.3 Å². The van der Waals surface area contributed by atoms with Crippen LogP contribution in [0.1, 0.15) is 50.3 Å². The van der Waals surface area contributed by atoms with E-state index in [1.165, 1.54) is 16.7 Å². The number of aliphatic imine (C=N–C) groups is 1. The molecule has 0 fully saturated rings. The fraction of sp³-hybridized carbons (Fsp3) is 0.406. The van der Waals surface area contributed by atoms with Gasteiger partial charge in [0.05, 0.1) is 17.4 Å². The second-order valence-corrected chi connectivity index (χ2v) is 12.4. The number of rotatable bonds is 15. The fourth-order valence-electron chi connectivity index (χ4n) is 5.24. The van der Waals surface area contributed by atoms with Crippen molar-refractivity contribution in [2.24, 2.45) is 22.2 Å². The molecule has 15 heteroatoms. The molecule has 0 saturated carbocycles. The molecule has 10 nitrogen and oxygen atoms in total. The molecule has 4 rings (SSSR count). The Bertz CT molecular complexity index is 1730. The Balaban J connectivity index is 1.56. The number of H-pyrrole nitrogens is 1. The molecule has 0 amide bonds. The van der Waals surface area contributed by atoms with Crippen molar-refractivity contribution in [3.8, 4) is 22.7 Å². The molecule has 0 aliphatic carbocycles. The fourth-order valence-corrected chi connectivity index (χ4v) is 5.87. The maximum absolute atomic E-state index is 15.4. The molecule has 0 saturated heterocycles. The number of ether oxygens (including phenoxy) is 1. The summed E-state index contributed by atoms with van der Waals surface area (Å²) in [5.74, 6) is -1.24. The number of nitrogens with two attached hydrogens (primary N) is 3. The topological polar surface area (TPSA) is 162 Å². The first-order valence-corrected chi connectivity index (χ1v) is 16.5. The number of hydrogen-bond donors (Lipinski definition) is 5. The van der Waals surface area contributed by atoms with Crippen molar-refractivity contribution in [3.63, 3.8) is 0 Å². The third-order valence-electron chi connectivity index (χ3n) is 7.54. The minimum atomic E-state index is -5.08. The molecule has 0 radical (unpaired) electrons. The van der Waals surface area contributed by atoms with Crippen molar-refractivity contribution >= 4 is 28.8 Å². The smallest absolute Gasteiger partial charge is 0.403 e. The molecule has 0 bridgehead atoms. The third kappa shape index (κ3) is 9.95. The number of nitrogens with one attached hydrogen (secondary N) is 2. The molecule has 254 valence electrons. The lowest BCUT2D eigenvalue weighted by atomic mass is 10.0. The number of thioether (sulfide) groups is 1. The van der Waals surface area contributed by atoms with Crippen LogP contribution in [0.25, 0.3) is 28.0 Å². The van der Waals surface area contributed by atoms with Crippen LogP contribution in [0.2, 0.25) is 0 Å². The van der Waals surface area contributed by atoms with Gasteiger partial charge in [0.15, 0.2) is 17.5 Å². The number of aromatic nitrogens is 3. The van der Waals surface area contributed by atoms with E-state index in [1.54, 1.807) is 30.1 Å². The number of aromatic amines is 1. The van der Waals surface area contributed by atoms with Gasteiger partial charge in [0.25, 0.3) is 0 Å². The third-order valence-corrected chi connectivity index (χ3v) is 8.26. The van der Waals surface area contributed by atoms with E-state index in [0.29, 0.717) is 42.4 Å². The molecule has 2 heterocycles. The van der Waals surface area contributed by atoms with Crippen LogP contribution in [-0.4, -0.2) is 57.5 Å². The van der Waals surface area contributed by atoms with E-state index >= 15 is 4.39 Å². The summed E-state index contributed by atoms with van der Waals surface area (Å²) in [4.78, 5) is 24.3. The number of alkyl halides is 3. The molecule has 4 aromatic rings. The molecule has 0 unspecified atom stereocenters. The maximum atomic E-state index is 15.4. The predicted octanol–water partition coefficient (Wildman–Crippen LogP) is 5.13. The van der Waals surface area contributed by atoms with E-state index < -0.39 is 23.6 Å². The van der Waals surface area contributed by atoms with E-state index in [-0.39, 0.29) is 41.0 Å². The van der Waals surface area contributed by atoms with Crippen LogP contribution in [0.5, 0.6) is 5.75 Å². The average molecular weight is 677 g/mol. The number of fused-ring (bicyclic) bond motifs is 1. The van der Waals surface area contributed by atoms with E-state index in [1.807, 2.05) is 32.2 Å². The molecular weight excluding hydrogens is 636 g/mol. The summed E-state index contributed by atoms with van der Waals surface area (Å²) in [6.07, 6.45) is 0.829. The summed E-state index contributed by atoms with van der Waals surface area (Å²) in [6.45, 7) is 4.55. The van der Waals surface area contributed by atoms with Crippen LogP contribution in [0.15, 0.2) is 58.4 Å². The summed E-state index contributed by atoms with van der Waals surface area (Å²) in [7, 11) is 0. The number of aryl methyl sites for hydroxylation is 1. The largest absolute Gasteiger partial charge is 0.573 e. The minimum Gasteiger partial charge on any atom is -0.403 e. The Labute approximate surface area is 274 Å². The van der Waals surface area contributed by atoms with Crippen LogP contribution >= 0.6 is 11.8 Å². The SMILES string of the molecule is CSC[C@@H](CCN[C@@H](C)c1ccc(-n2cc3cc(-c4cc(CCC[C@H](C)N)cc(OC(F)(F)F)c4F)[nH]c3nc2=O)cc1)N=C(N)N. The molecule has 0 spiro atoms. The van der Waals surface area contributed by atoms with Crippen molar-refractivity contribution in [2.75, 3.05) is 18.6 Å². The lowest BCUT2D eigenvalue weighted by molar-refractivity contribution is -0.275. The van der Waals surface area contributed by atoms with Crippen molar-refractivity contribution in [2.45, 2.75) is 64.0 Å². The molecule has 2 aromatic carbocycles. The standard InChI is InChI=1S/C32H40F4N8O2S/c1-18(37)5-4-6-20-13-25(28(33)27(14-20)46-32(34,35)36)26-15-22-16-44(31(45)43-29(22)42-26)24-9-7-21(8-10-24)19(2)40-12-11-23(17-47-3)41-30(38)39/h7-10,13-16,18-19,23,40H,4-6,11-12,17,37H2,1-3H3,(H4,38,39,41)(H,42,43,45)/t18-,19-,23+/m0/s1. The van der Waals surface area contributed by atoms with Crippen LogP contribution in [0, 0.1) is 5.82 Å². The molecule has 3 atom stereocenters. The monoisotopic (exact) mass is 676 g/mol. The highest BCUT2D eigenvalue weighted by molar-refractivity contribution is 7.98. The zero-order valence-corrected chi connectivity index (χ0v) is 27.2. The lowest BCUT2D eigenvalue weighted by Gasteiger charge is -2.17. The average Bonchev–Trinajstić information content (AvgIpc) is 3.39. The van der Waals surface area contributed by atoms with Gasteiger partial charge in [-0.05, 0) is 93.8 Å².